The molecule has 2 aromatic carbocycles. The first-order valence-electron chi connectivity index (χ1n) is 11.6. The van der Waals surface area contributed by atoms with E-state index in [1.165, 1.54) is 58.5 Å². The first kappa shape index (κ1) is 26.1. The van der Waals surface area contributed by atoms with Gasteiger partial charge in [0.25, 0.3) is 0 Å². The number of benzene rings is 2. The van der Waals surface area contributed by atoms with Crippen LogP contribution in [-0.2, 0) is 4.57 Å². The highest BCUT2D eigenvalue weighted by molar-refractivity contribution is 7.48. The summed E-state index contributed by atoms with van der Waals surface area (Å²) < 4.78 is 33.7. The smallest absolute Gasteiger partial charge is 0.493 e. The van der Waals surface area contributed by atoms with Crippen LogP contribution in [-0.4, -0.2) is 18.6 Å². The van der Waals surface area contributed by atoms with Crippen molar-refractivity contribution in [3.8, 4) is 23.0 Å². The summed E-state index contributed by atoms with van der Waals surface area (Å²) in [6.07, 6.45) is 12.7. The number of methoxy groups -OCH3 is 1. The maximum atomic E-state index is 12.3. The van der Waals surface area contributed by atoms with Crippen LogP contribution in [0.4, 0.5) is 0 Å². The van der Waals surface area contributed by atoms with Crippen molar-refractivity contribution in [1.82, 2.24) is 0 Å². The quantitative estimate of drug-likeness (QED) is 0.192. The Hall–Kier alpha value is -2.17. The molecular formula is C25H37O6P. The second kappa shape index (κ2) is 14.8. The zero-order valence-electron chi connectivity index (χ0n) is 19.3. The first-order chi connectivity index (χ1) is 15.5. The summed E-state index contributed by atoms with van der Waals surface area (Å²) >= 11 is 0. The lowest BCUT2D eigenvalue weighted by Crippen LogP contribution is -2.02. The lowest BCUT2D eigenvalue weighted by molar-refractivity contribution is 0.280. The topological polar surface area (TPSA) is 74.2 Å². The minimum atomic E-state index is -4.36. The van der Waals surface area contributed by atoms with Crippen molar-refractivity contribution in [2.75, 3.05) is 13.7 Å². The van der Waals surface area contributed by atoms with Gasteiger partial charge in [-0.15, -0.1) is 0 Å². The molecule has 0 saturated heterocycles. The molecule has 178 valence electrons. The third kappa shape index (κ3) is 10.4. The SMILES string of the molecule is CCCCCCCCCCCCOc1ccc(OP(=O)(O)Oc2ccccc2)c(OC)c1. The van der Waals surface area contributed by atoms with Crippen molar-refractivity contribution in [2.24, 2.45) is 0 Å². The molecule has 0 aliphatic rings. The van der Waals surface area contributed by atoms with Gasteiger partial charge in [0.1, 0.15) is 11.5 Å². The predicted octanol–water partition coefficient (Wildman–Crippen LogP) is 7.55. The molecule has 0 spiro atoms. The zero-order valence-corrected chi connectivity index (χ0v) is 20.2. The molecule has 1 N–H and O–H groups in total. The highest BCUT2D eigenvalue weighted by Gasteiger charge is 2.27. The molecule has 0 radical (unpaired) electrons. The average molecular weight is 465 g/mol. The van der Waals surface area contributed by atoms with Crippen LogP contribution in [0.2, 0.25) is 0 Å². The molecule has 0 aliphatic carbocycles. The molecule has 2 rings (SSSR count). The number of rotatable bonds is 17. The van der Waals surface area contributed by atoms with Crippen LogP contribution in [0.15, 0.2) is 48.5 Å². The molecule has 1 atom stereocenters. The van der Waals surface area contributed by atoms with E-state index in [2.05, 4.69) is 6.92 Å². The molecular weight excluding hydrogens is 427 g/mol. The molecule has 6 nitrogen and oxygen atoms in total. The van der Waals surface area contributed by atoms with E-state index in [1.807, 2.05) is 0 Å². The van der Waals surface area contributed by atoms with Crippen LogP contribution in [0.3, 0.4) is 0 Å². The third-order valence-electron chi connectivity index (χ3n) is 5.08. The van der Waals surface area contributed by atoms with Crippen molar-refractivity contribution in [2.45, 2.75) is 71.1 Å². The van der Waals surface area contributed by atoms with Crippen LogP contribution in [0.25, 0.3) is 0 Å². The lowest BCUT2D eigenvalue weighted by Gasteiger charge is -2.16. The number of phosphoric ester groups is 1. The van der Waals surface area contributed by atoms with Gasteiger partial charge in [0, 0.05) is 6.07 Å². The van der Waals surface area contributed by atoms with Gasteiger partial charge in [-0.1, -0.05) is 82.9 Å². The fourth-order valence-corrected chi connectivity index (χ4v) is 4.17. The highest BCUT2D eigenvalue weighted by Crippen LogP contribution is 2.47. The summed E-state index contributed by atoms with van der Waals surface area (Å²) in [5.74, 6) is 1.28. The summed E-state index contributed by atoms with van der Waals surface area (Å²) in [6.45, 7) is 2.87. The Labute approximate surface area is 192 Å². The van der Waals surface area contributed by atoms with Gasteiger partial charge < -0.3 is 18.5 Å². The fourth-order valence-electron chi connectivity index (χ4n) is 3.35. The molecule has 2 aromatic rings. The lowest BCUT2D eigenvalue weighted by atomic mass is 10.1. The van der Waals surface area contributed by atoms with Crippen LogP contribution in [0.1, 0.15) is 71.1 Å². The van der Waals surface area contributed by atoms with E-state index in [9.17, 15) is 9.46 Å². The molecule has 0 fully saturated rings. The number of para-hydroxylation sites is 1. The molecule has 0 saturated carbocycles. The highest BCUT2D eigenvalue weighted by atomic mass is 31.2. The van der Waals surface area contributed by atoms with E-state index >= 15 is 0 Å². The molecule has 0 heterocycles. The van der Waals surface area contributed by atoms with E-state index in [0.717, 1.165) is 12.8 Å². The van der Waals surface area contributed by atoms with Crippen molar-refractivity contribution < 1.29 is 28.0 Å². The number of phosphoric acid groups is 1. The number of hydrogen-bond donors (Lipinski definition) is 1. The molecule has 1 unspecified atom stereocenters. The minimum absolute atomic E-state index is 0.112. The van der Waals surface area contributed by atoms with Crippen molar-refractivity contribution in [3.63, 3.8) is 0 Å². The molecule has 0 bridgehead atoms. The summed E-state index contributed by atoms with van der Waals surface area (Å²) in [7, 11) is -2.89. The average Bonchev–Trinajstić information content (AvgIpc) is 2.78. The van der Waals surface area contributed by atoms with Crippen LogP contribution in [0.5, 0.6) is 23.0 Å². The number of hydrogen-bond acceptors (Lipinski definition) is 5. The monoisotopic (exact) mass is 464 g/mol. The second-order valence-electron chi connectivity index (χ2n) is 7.81. The van der Waals surface area contributed by atoms with Crippen LogP contribution >= 0.6 is 7.82 Å². The zero-order chi connectivity index (χ0) is 23.1. The number of unbranched alkanes of at least 4 members (excludes halogenated alkanes) is 9. The predicted molar refractivity (Wildman–Crippen MR) is 128 cm³/mol. The summed E-state index contributed by atoms with van der Waals surface area (Å²) in [6, 6.07) is 13.2. The maximum Gasteiger partial charge on any atom is 0.585 e. The Morgan fingerprint density at radius 3 is 2.00 bits per heavy atom. The van der Waals surface area contributed by atoms with Gasteiger partial charge in [-0.25, -0.2) is 4.57 Å². The van der Waals surface area contributed by atoms with Gasteiger partial charge in [0.15, 0.2) is 11.5 Å². The Balaban J connectivity index is 1.71. The Bertz CT molecular complexity index is 811. The molecule has 0 amide bonds. The third-order valence-corrected chi connectivity index (χ3v) is 5.95. The van der Waals surface area contributed by atoms with Crippen LogP contribution < -0.4 is 18.5 Å². The Morgan fingerprint density at radius 1 is 0.750 bits per heavy atom. The van der Waals surface area contributed by atoms with Gasteiger partial charge >= 0.3 is 7.82 Å². The Morgan fingerprint density at radius 2 is 1.38 bits per heavy atom. The Kier molecular flexibility index (Phi) is 12.1. The van der Waals surface area contributed by atoms with Crippen molar-refractivity contribution in [1.29, 1.82) is 0 Å². The fraction of sp³-hybridized carbons (Fsp3) is 0.520. The van der Waals surface area contributed by atoms with E-state index in [1.54, 1.807) is 48.5 Å². The number of ether oxygens (including phenoxy) is 2. The first-order valence-corrected chi connectivity index (χ1v) is 13.1. The van der Waals surface area contributed by atoms with E-state index in [4.69, 9.17) is 18.5 Å². The maximum absolute atomic E-state index is 12.3. The molecule has 32 heavy (non-hydrogen) atoms. The van der Waals surface area contributed by atoms with E-state index < -0.39 is 7.82 Å². The van der Waals surface area contributed by atoms with E-state index in [-0.39, 0.29) is 11.5 Å². The van der Waals surface area contributed by atoms with E-state index in [0.29, 0.717) is 18.1 Å². The standard InChI is InChI=1S/C25H37O6P/c1-3-4-5-6-7-8-9-10-11-15-20-29-23-18-19-24(25(21-23)28-2)31-32(26,27)30-22-16-13-12-14-17-22/h12-14,16-19,21H,3-11,15,20H2,1-2H3,(H,26,27). The molecule has 0 aromatic heterocycles. The largest absolute Gasteiger partial charge is 0.585 e. The second-order valence-corrected chi connectivity index (χ2v) is 9.11. The summed E-state index contributed by atoms with van der Waals surface area (Å²) in [5, 5.41) is 0. The summed E-state index contributed by atoms with van der Waals surface area (Å²) in [4.78, 5) is 10.1. The van der Waals surface area contributed by atoms with Crippen LogP contribution in [0, 0.1) is 0 Å². The van der Waals surface area contributed by atoms with Crippen molar-refractivity contribution >= 4 is 7.82 Å². The van der Waals surface area contributed by atoms with Gasteiger partial charge in [-0.05, 0) is 30.7 Å². The van der Waals surface area contributed by atoms with Gasteiger partial charge in [0.2, 0.25) is 0 Å². The van der Waals surface area contributed by atoms with Gasteiger partial charge in [-0.2, -0.15) is 0 Å². The molecule has 0 aliphatic heterocycles. The normalized spacial score (nSPS) is 12.7. The minimum Gasteiger partial charge on any atom is -0.493 e. The van der Waals surface area contributed by atoms with Gasteiger partial charge in [0.05, 0.1) is 13.7 Å². The van der Waals surface area contributed by atoms with Crippen molar-refractivity contribution in [3.05, 3.63) is 48.5 Å². The van der Waals surface area contributed by atoms with Gasteiger partial charge in [-0.3, -0.25) is 4.89 Å². The molecule has 7 heteroatoms. The summed E-state index contributed by atoms with van der Waals surface area (Å²) in [5.41, 5.74) is 0.